The lowest BCUT2D eigenvalue weighted by molar-refractivity contribution is 0.660. The molecule has 0 aromatic heterocycles. The summed E-state index contributed by atoms with van der Waals surface area (Å²) in [6.07, 6.45) is 8.08. The smallest absolute Gasteiger partial charge is 0.0468 e. The van der Waals surface area contributed by atoms with Gasteiger partial charge in [-0.3, -0.25) is 0 Å². The maximum Gasteiger partial charge on any atom is 0.0468 e. The number of hydrogen-bond acceptors (Lipinski definition) is 1. The zero-order valence-corrected chi connectivity index (χ0v) is 29.7. The molecule has 0 heterocycles. The Kier molecular flexibility index (Phi) is 8.05. The highest BCUT2D eigenvalue weighted by Crippen LogP contribution is 2.51. The molecule has 1 unspecified atom stereocenters. The summed E-state index contributed by atoms with van der Waals surface area (Å²) in [4.78, 5) is 2.46. The average Bonchev–Trinajstić information content (AvgIpc) is 3.45. The summed E-state index contributed by atoms with van der Waals surface area (Å²) in [6, 6.07) is 64.3. The summed E-state index contributed by atoms with van der Waals surface area (Å²) in [7, 11) is 0. The quantitative estimate of drug-likeness (QED) is 0.164. The molecule has 1 atom stereocenters. The SMILES string of the molecule is CC1(C)c2ccccc2-c2ccc(N(C3=CCC(c4ccccc4)C=C3)c3ccc(-c4ccc(-c5ccccc5)cc4)c(-c4ccccc4)c3)cc21. The Morgan fingerprint density at radius 1 is 0.462 bits per heavy atom. The number of benzene rings is 7. The predicted octanol–water partition coefficient (Wildman–Crippen LogP) is 13.8. The third-order valence-corrected chi connectivity index (χ3v) is 11.0. The van der Waals surface area contributed by atoms with Crippen LogP contribution in [0.5, 0.6) is 0 Å². The molecule has 7 aromatic rings. The van der Waals surface area contributed by atoms with Crippen LogP contribution in [0.15, 0.2) is 200 Å². The van der Waals surface area contributed by atoms with Crippen LogP contribution in [0.2, 0.25) is 0 Å². The van der Waals surface area contributed by atoms with Crippen molar-refractivity contribution < 1.29 is 0 Å². The fraction of sp³-hybridized carbons (Fsp3) is 0.0980. The molecule has 0 radical (unpaired) electrons. The lowest BCUT2D eigenvalue weighted by Gasteiger charge is -2.31. The zero-order valence-electron chi connectivity index (χ0n) is 29.7. The van der Waals surface area contributed by atoms with Crippen molar-refractivity contribution in [1.29, 1.82) is 0 Å². The van der Waals surface area contributed by atoms with E-state index in [1.807, 2.05) is 0 Å². The minimum atomic E-state index is -0.0895. The first kappa shape index (κ1) is 31.8. The van der Waals surface area contributed by atoms with Crippen molar-refractivity contribution in [3.05, 3.63) is 217 Å². The molecule has 7 aromatic carbocycles. The average molecular weight is 668 g/mol. The van der Waals surface area contributed by atoms with Gasteiger partial charge in [-0.25, -0.2) is 0 Å². The van der Waals surface area contributed by atoms with Gasteiger partial charge in [0.05, 0.1) is 0 Å². The monoisotopic (exact) mass is 667 g/mol. The molecule has 0 saturated carbocycles. The first-order chi connectivity index (χ1) is 25.5. The van der Waals surface area contributed by atoms with Gasteiger partial charge in [0.2, 0.25) is 0 Å². The molecular weight excluding hydrogens is 627 g/mol. The van der Waals surface area contributed by atoms with Gasteiger partial charge in [-0.2, -0.15) is 0 Å². The normalized spacial score (nSPS) is 15.4. The summed E-state index contributed by atoms with van der Waals surface area (Å²) in [5.74, 6) is 0.362. The van der Waals surface area contributed by atoms with Crippen LogP contribution in [0.1, 0.15) is 42.9 Å². The largest absolute Gasteiger partial charge is 0.311 e. The molecule has 1 nitrogen and oxygen atoms in total. The molecule has 0 spiro atoms. The summed E-state index contributed by atoms with van der Waals surface area (Å²) in [6.45, 7) is 4.72. The topological polar surface area (TPSA) is 3.24 Å². The Morgan fingerprint density at radius 2 is 1.00 bits per heavy atom. The fourth-order valence-electron chi connectivity index (χ4n) is 8.25. The number of nitrogens with zero attached hydrogens (tertiary/aromatic N) is 1. The van der Waals surface area contributed by atoms with E-state index in [0.29, 0.717) is 5.92 Å². The van der Waals surface area contributed by atoms with Crippen LogP contribution in [-0.2, 0) is 5.41 Å². The molecule has 2 aliphatic carbocycles. The van der Waals surface area contributed by atoms with Crippen LogP contribution >= 0.6 is 0 Å². The van der Waals surface area contributed by atoms with Gasteiger partial charge in [0.15, 0.2) is 0 Å². The molecule has 0 N–H and O–H groups in total. The summed E-state index contributed by atoms with van der Waals surface area (Å²) in [5, 5.41) is 0. The zero-order chi connectivity index (χ0) is 35.1. The van der Waals surface area contributed by atoms with Crippen molar-refractivity contribution in [2.75, 3.05) is 4.90 Å². The third-order valence-electron chi connectivity index (χ3n) is 11.0. The van der Waals surface area contributed by atoms with Crippen LogP contribution in [0, 0.1) is 0 Å². The van der Waals surface area contributed by atoms with Crippen molar-refractivity contribution in [2.45, 2.75) is 31.6 Å². The van der Waals surface area contributed by atoms with Gasteiger partial charge in [0, 0.05) is 28.4 Å². The summed E-state index contributed by atoms with van der Waals surface area (Å²) in [5.41, 5.74) is 17.5. The Morgan fingerprint density at radius 3 is 1.69 bits per heavy atom. The number of anilines is 2. The number of rotatable bonds is 7. The van der Waals surface area contributed by atoms with E-state index >= 15 is 0 Å². The van der Waals surface area contributed by atoms with Gasteiger partial charge in [-0.1, -0.05) is 178 Å². The van der Waals surface area contributed by atoms with E-state index in [-0.39, 0.29) is 5.41 Å². The Hall–Kier alpha value is -6.18. The molecule has 0 fully saturated rings. The van der Waals surface area contributed by atoms with E-state index in [0.717, 1.165) is 12.1 Å². The van der Waals surface area contributed by atoms with Crippen molar-refractivity contribution in [2.24, 2.45) is 0 Å². The third kappa shape index (κ3) is 5.69. The lowest BCUT2D eigenvalue weighted by Crippen LogP contribution is -2.19. The van der Waals surface area contributed by atoms with E-state index in [1.54, 1.807) is 0 Å². The van der Waals surface area contributed by atoms with E-state index in [4.69, 9.17) is 0 Å². The molecule has 2 aliphatic rings. The molecule has 1 heteroatoms. The maximum atomic E-state index is 2.46. The molecular formula is C51H41N. The van der Waals surface area contributed by atoms with E-state index in [2.05, 4.69) is 213 Å². The second-order valence-electron chi connectivity index (χ2n) is 14.5. The van der Waals surface area contributed by atoms with Gasteiger partial charge in [0.1, 0.15) is 0 Å². The van der Waals surface area contributed by atoms with Crippen molar-refractivity contribution in [1.82, 2.24) is 0 Å². The van der Waals surface area contributed by atoms with Crippen LogP contribution in [0.25, 0.3) is 44.5 Å². The van der Waals surface area contributed by atoms with Crippen LogP contribution < -0.4 is 4.90 Å². The van der Waals surface area contributed by atoms with Gasteiger partial charge >= 0.3 is 0 Å². The van der Waals surface area contributed by atoms with E-state index in [9.17, 15) is 0 Å². The second-order valence-corrected chi connectivity index (χ2v) is 14.5. The fourth-order valence-corrected chi connectivity index (χ4v) is 8.25. The Labute approximate surface area is 307 Å². The molecule has 0 saturated heterocycles. The molecule has 0 aliphatic heterocycles. The number of fused-ring (bicyclic) bond motifs is 3. The van der Waals surface area contributed by atoms with Crippen molar-refractivity contribution in [3.8, 4) is 44.5 Å². The van der Waals surface area contributed by atoms with Gasteiger partial charge in [-0.05, 0) is 98.0 Å². The maximum absolute atomic E-state index is 2.46. The van der Waals surface area contributed by atoms with Crippen LogP contribution in [0.3, 0.4) is 0 Å². The van der Waals surface area contributed by atoms with Crippen LogP contribution in [0.4, 0.5) is 11.4 Å². The highest BCUT2D eigenvalue weighted by Gasteiger charge is 2.36. The van der Waals surface area contributed by atoms with Gasteiger partial charge in [0.25, 0.3) is 0 Å². The molecule has 250 valence electrons. The standard InChI is InChI=1S/C51H41N/c1-51(2)49-21-13-12-20-46(49)47-33-31-44(35-50(47)51)52(42-28-26-39(27-29-42)37-16-8-4-9-17-37)43-30-32-45(48(34-43)40-18-10-5-11-19-40)41-24-22-38(23-25-41)36-14-6-3-7-15-36/h3-26,28-35,39H,27H2,1-2H3. The second kappa shape index (κ2) is 13.2. The number of hydrogen-bond donors (Lipinski definition) is 0. The highest BCUT2D eigenvalue weighted by molar-refractivity contribution is 5.89. The minimum absolute atomic E-state index is 0.0895. The molecule has 0 amide bonds. The first-order valence-electron chi connectivity index (χ1n) is 18.4. The van der Waals surface area contributed by atoms with Crippen molar-refractivity contribution >= 4 is 11.4 Å². The Bertz CT molecular complexity index is 2430. The van der Waals surface area contributed by atoms with Gasteiger partial charge in [-0.15, -0.1) is 0 Å². The molecule has 52 heavy (non-hydrogen) atoms. The number of allylic oxidation sites excluding steroid dienone is 3. The van der Waals surface area contributed by atoms with E-state index < -0.39 is 0 Å². The summed E-state index contributed by atoms with van der Waals surface area (Å²) < 4.78 is 0. The van der Waals surface area contributed by atoms with E-state index in [1.165, 1.54) is 72.6 Å². The van der Waals surface area contributed by atoms with Crippen LogP contribution in [-0.4, -0.2) is 0 Å². The molecule has 9 rings (SSSR count). The Balaban J connectivity index is 1.17. The molecule has 0 bridgehead atoms. The summed E-state index contributed by atoms with van der Waals surface area (Å²) >= 11 is 0. The lowest BCUT2D eigenvalue weighted by atomic mass is 9.82. The predicted molar refractivity (Wildman–Crippen MR) is 220 cm³/mol. The first-order valence-corrected chi connectivity index (χ1v) is 18.4. The van der Waals surface area contributed by atoms with Crippen molar-refractivity contribution in [3.63, 3.8) is 0 Å². The minimum Gasteiger partial charge on any atom is -0.311 e. The van der Waals surface area contributed by atoms with Gasteiger partial charge < -0.3 is 4.90 Å². The highest BCUT2D eigenvalue weighted by atomic mass is 15.1.